The van der Waals surface area contributed by atoms with E-state index in [1.54, 1.807) is 21.3 Å². The second kappa shape index (κ2) is 9.68. The molecule has 2 aromatic rings. The van der Waals surface area contributed by atoms with Gasteiger partial charge in [0.15, 0.2) is 17.5 Å². The predicted molar refractivity (Wildman–Crippen MR) is 108 cm³/mol. The topological polar surface area (TPSA) is 54.9 Å². The zero-order valence-electron chi connectivity index (χ0n) is 15.0. The summed E-state index contributed by atoms with van der Waals surface area (Å²) in [6.07, 6.45) is 1.08. The van der Waals surface area contributed by atoms with Crippen molar-refractivity contribution < 1.29 is 9.47 Å². The molecule has 25 heavy (non-hydrogen) atoms. The zero-order valence-corrected chi connectivity index (χ0v) is 17.4. The first-order valence-corrected chi connectivity index (χ1v) is 9.64. The van der Waals surface area contributed by atoms with Crippen LogP contribution in [0.2, 0.25) is 0 Å². The smallest absolute Gasteiger partial charge is 0.191 e. The third-order valence-corrected chi connectivity index (χ3v) is 5.49. The minimum absolute atomic E-state index is 0.628. The monoisotopic (exact) mass is 425 g/mol. The average Bonchev–Trinajstić information content (AvgIpc) is 3.09. The molecule has 1 heterocycles. The van der Waals surface area contributed by atoms with Crippen LogP contribution in [0.4, 0.5) is 0 Å². The van der Waals surface area contributed by atoms with Gasteiger partial charge in [-0.25, -0.2) is 0 Å². The fourth-order valence-electron chi connectivity index (χ4n) is 2.36. The maximum absolute atomic E-state index is 5.38. The van der Waals surface area contributed by atoms with Crippen LogP contribution in [-0.2, 0) is 19.5 Å². The van der Waals surface area contributed by atoms with Crippen molar-refractivity contribution in [2.75, 3.05) is 21.3 Å². The molecule has 0 atom stereocenters. The molecule has 136 valence electrons. The number of aryl methyl sites for hydroxylation is 1. The second-order valence-electron chi connectivity index (χ2n) is 5.31. The van der Waals surface area contributed by atoms with Crippen LogP contribution < -0.4 is 20.1 Å². The molecular formula is C18H24BrN3O2S. The van der Waals surface area contributed by atoms with Crippen molar-refractivity contribution in [3.8, 4) is 11.5 Å². The van der Waals surface area contributed by atoms with Crippen LogP contribution in [-0.4, -0.2) is 27.2 Å². The molecule has 0 bridgehead atoms. The second-order valence-corrected chi connectivity index (χ2v) is 7.42. The van der Waals surface area contributed by atoms with Gasteiger partial charge >= 0.3 is 0 Å². The molecule has 0 aliphatic rings. The summed E-state index contributed by atoms with van der Waals surface area (Å²) in [5.41, 5.74) is 1.07. The number of guanidine groups is 1. The summed E-state index contributed by atoms with van der Waals surface area (Å²) >= 11 is 5.35. The number of aliphatic imine (C=N–C) groups is 1. The number of nitrogens with one attached hydrogen (secondary N) is 2. The molecule has 0 radical (unpaired) electrons. The first-order chi connectivity index (χ1) is 12.1. The lowest BCUT2D eigenvalue weighted by atomic mass is 10.2. The van der Waals surface area contributed by atoms with E-state index in [0.717, 1.165) is 29.0 Å². The van der Waals surface area contributed by atoms with Gasteiger partial charge in [0.05, 0.1) is 25.2 Å². The van der Waals surface area contributed by atoms with E-state index in [-0.39, 0.29) is 0 Å². The van der Waals surface area contributed by atoms with E-state index < -0.39 is 0 Å². The molecule has 0 aliphatic carbocycles. The molecule has 7 heteroatoms. The molecule has 2 rings (SSSR count). The van der Waals surface area contributed by atoms with Gasteiger partial charge in [-0.2, -0.15) is 0 Å². The Kier molecular flexibility index (Phi) is 7.58. The van der Waals surface area contributed by atoms with Gasteiger partial charge in [0, 0.05) is 23.3 Å². The van der Waals surface area contributed by atoms with Crippen molar-refractivity contribution in [3.63, 3.8) is 0 Å². The molecule has 5 nitrogen and oxygen atoms in total. The van der Waals surface area contributed by atoms with E-state index >= 15 is 0 Å². The number of methoxy groups -OCH3 is 2. The number of rotatable bonds is 7. The first-order valence-electron chi connectivity index (χ1n) is 8.03. The van der Waals surface area contributed by atoms with Crippen LogP contribution >= 0.6 is 27.3 Å². The van der Waals surface area contributed by atoms with Crippen molar-refractivity contribution in [1.82, 2.24) is 10.6 Å². The van der Waals surface area contributed by atoms with Gasteiger partial charge in [0.25, 0.3) is 0 Å². The molecule has 1 aromatic heterocycles. The highest BCUT2D eigenvalue weighted by Gasteiger charge is 2.11. The molecule has 0 amide bonds. The third-order valence-electron chi connectivity index (χ3n) is 3.67. The summed E-state index contributed by atoms with van der Waals surface area (Å²) in [4.78, 5) is 6.97. The van der Waals surface area contributed by atoms with Gasteiger partial charge in [-0.1, -0.05) is 6.92 Å². The van der Waals surface area contributed by atoms with E-state index in [1.807, 2.05) is 23.5 Å². The van der Waals surface area contributed by atoms with Crippen LogP contribution in [0.1, 0.15) is 22.2 Å². The summed E-state index contributed by atoms with van der Waals surface area (Å²) in [6, 6.07) is 8.30. The molecule has 0 saturated carbocycles. The van der Waals surface area contributed by atoms with E-state index in [0.29, 0.717) is 18.0 Å². The number of halogens is 1. The maximum atomic E-state index is 5.38. The Morgan fingerprint density at radius 2 is 1.84 bits per heavy atom. The summed E-state index contributed by atoms with van der Waals surface area (Å²) in [7, 11) is 5.03. The Hall–Kier alpha value is -1.73. The average molecular weight is 426 g/mol. The largest absolute Gasteiger partial charge is 0.493 e. The van der Waals surface area contributed by atoms with Crippen LogP contribution in [0.15, 0.2) is 33.7 Å². The Bertz CT molecular complexity index is 731. The highest BCUT2D eigenvalue weighted by Crippen LogP contribution is 2.36. The van der Waals surface area contributed by atoms with Gasteiger partial charge in [-0.3, -0.25) is 4.99 Å². The van der Waals surface area contributed by atoms with Crippen molar-refractivity contribution in [2.24, 2.45) is 4.99 Å². The maximum Gasteiger partial charge on any atom is 0.191 e. The number of nitrogens with zero attached hydrogens (tertiary/aromatic N) is 1. The van der Waals surface area contributed by atoms with Gasteiger partial charge in [0.2, 0.25) is 0 Å². The molecular weight excluding hydrogens is 402 g/mol. The van der Waals surface area contributed by atoms with Gasteiger partial charge < -0.3 is 20.1 Å². The quantitative estimate of drug-likeness (QED) is 0.520. The lowest BCUT2D eigenvalue weighted by Gasteiger charge is -2.14. The van der Waals surface area contributed by atoms with Crippen molar-refractivity contribution in [3.05, 3.63) is 44.1 Å². The molecule has 0 spiro atoms. The summed E-state index contributed by atoms with van der Waals surface area (Å²) < 4.78 is 11.6. The van der Waals surface area contributed by atoms with Crippen LogP contribution in [0.3, 0.4) is 0 Å². The summed E-state index contributed by atoms with van der Waals surface area (Å²) in [5.74, 6) is 2.15. The van der Waals surface area contributed by atoms with Crippen LogP contribution in [0, 0.1) is 0 Å². The molecule has 0 aliphatic heterocycles. The van der Waals surface area contributed by atoms with E-state index in [2.05, 4.69) is 50.6 Å². The van der Waals surface area contributed by atoms with Gasteiger partial charge in [-0.15, -0.1) is 11.3 Å². The highest BCUT2D eigenvalue weighted by atomic mass is 79.9. The van der Waals surface area contributed by atoms with Gasteiger partial charge in [-0.05, 0) is 52.2 Å². The fraction of sp³-hybridized carbons (Fsp3) is 0.389. The Balaban J connectivity index is 1.95. The van der Waals surface area contributed by atoms with E-state index in [1.165, 1.54) is 9.75 Å². The van der Waals surface area contributed by atoms with Gasteiger partial charge in [0.1, 0.15) is 0 Å². The number of benzene rings is 1. The molecule has 0 fully saturated rings. The molecule has 0 saturated heterocycles. The third kappa shape index (κ3) is 5.37. The van der Waals surface area contributed by atoms with E-state index in [9.17, 15) is 0 Å². The SMILES string of the molecule is CCc1ccc(CNC(=NC)NCc2cc(Br)c(OC)c(OC)c2)s1. The molecule has 2 N–H and O–H groups in total. The van der Waals surface area contributed by atoms with E-state index in [4.69, 9.17) is 9.47 Å². The first kappa shape index (κ1) is 19.6. The van der Waals surface area contributed by atoms with Crippen LogP contribution in [0.5, 0.6) is 11.5 Å². The zero-order chi connectivity index (χ0) is 18.2. The predicted octanol–water partition coefficient (Wildman–Crippen LogP) is 3.96. The number of hydrogen-bond donors (Lipinski definition) is 2. The lowest BCUT2D eigenvalue weighted by Crippen LogP contribution is -2.36. The number of ether oxygens (including phenoxy) is 2. The molecule has 0 unspecified atom stereocenters. The van der Waals surface area contributed by atoms with Crippen LogP contribution in [0.25, 0.3) is 0 Å². The summed E-state index contributed by atoms with van der Waals surface area (Å²) in [5, 5.41) is 6.66. The number of thiophene rings is 1. The highest BCUT2D eigenvalue weighted by molar-refractivity contribution is 9.10. The van der Waals surface area contributed by atoms with Crippen molar-refractivity contribution in [1.29, 1.82) is 0 Å². The Labute approximate surface area is 161 Å². The number of hydrogen-bond acceptors (Lipinski definition) is 4. The fourth-order valence-corrected chi connectivity index (χ4v) is 3.91. The minimum atomic E-state index is 0.628. The Morgan fingerprint density at radius 3 is 2.44 bits per heavy atom. The van der Waals surface area contributed by atoms with Crippen molar-refractivity contribution >= 4 is 33.2 Å². The molecule has 1 aromatic carbocycles. The minimum Gasteiger partial charge on any atom is -0.493 e. The Morgan fingerprint density at radius 1 is 1.12 bits per heavy atom. The van der Waals surface area contributed by atoms with Crippen molar-refractivity contribution in [2.45, 2.75) is 26.4 Å². The normalized spacial score (nSPS) is 11.3. The standard InChI is InChI=1S/C18H24BrN3O2S/c1-5-13-6-7-14(25-13)11-22-18(20-2)21-10-12-8-15(19)17(24-4)16(9-12)23-3/h6-9H,5,10-11H2,1-4H3,(H2,20,21,22). The lowest BCUT2D eigenvalue weighted by molar-refractivity contribution is 0.352. The summed E-state index contributed by atoms with van der Waals surface area (Å²) in [6.45, 7) is 3.56.